The molecule has 0 saturated heterocycles. The summed E-state index contributed by atoms with van der Waals surface area (Å²) >= 11 is 12.9. The molecule has 0 spiro atoms. The van der Waals surface area contributed by atoms with Crippen molar-refractivity contribution >= 4 is 66.7 Å². The average molecular weight is 504 g/mol. The van der Waals surface area contributed by atoms with Crippen molar-refractivity contribution in [2.75, 3.05) is 11.8 Å². The van der Waals surface area contributed by atoms with Crippen molar-refractivity contribution in [1.29, 1.82) is 0 Å². The van der Waals surface area contributed by atoms with Gasteiger partial charge in [-0.3, -0.25) is 0 Å². The SMILES string of the molecule is CC.CC.COc1ncc(-c2nc(Cl)nc3c(Br)csc23)cc1NSC1CC1. The number of nitrogens with zero attached hydrogens (tertiary/aromatic N) is 3. The van der Waals surface area contributed by atoms with Crippen molar-refractivity contribution in [2.24, 2.45) is 0 Å². The Kier molecular flexibility index (Phi) is 9.27. The standard InChI is InChI=1S/C15H12BrClN4OS2.2C2H6/c1-22-14-10(21-24-8-2-3-8)4-7(5-18-14)11-13-12(9(16)6-23-13)20-15(17)19-11;2*1-2/h4-6,8,21H,2-3H2,1H3;2*1-2H3. The molecular weight excluding hydrogens is 480 g/mol. The number of methoxy groups -OCH3 is 1. The van der Waals surface area contributed by atoms with Crippen LogP contribution in [0, 0.1) is 0 Å². The maximum atomic E-state index is 6.11. The first-order valence-corrected chi connectivity index (χ1v) is 12.1. The fourth-order valence-corrected chi connectivity index (χ4v) is 4.76. The highest BCUT2D eigenvalue weighted by molar-refractivity contribution is 9.10. The Morgan fingerprint density at radius 1 is 1.25 bits per heavy atom. The van der Waals surface area contributed by atoms with Crippen LogP contribution in [0.25, 0.3) is 21.5 Å². The average Bonchev–Trinajstić information content (AvgIpc) is 3.51. The number of pyridine rings is 1. The molecule has 1 aliphatic rings. The summed E-state index contributed by atoms with van der Waals surface area (Å²) in [7, 11) is 1.62. The Hall–Kier alpha value is -1.09. The van der Waals surface area contributed by atoms with E-state index < -0.39 is 0 Å². The molecule has 0 aromatic carbocycles. The van der Waals surface area contributed by atoms with E-state index >= 15 is 0 Å². The maximum Gasteiger partial charge on any atom is 0.237 e. The number of anilines is 1. The van der Waals surface area contributed by atoms with E-state index in [1.165, 1.54) is 12.8 Å². The van der Waals surface area contributed by atoms with Gasteiger partial charge >= 0.3 is 0 Å². The van der Waals surface area contributed by atoms with Gasteiger partial charge in [-0.15, -0.1) is 11.3 Å². The van der Waals surface area contributed by atoms with Crippen LogP contribution in [-0.4, -0.2) is 27.3 Å². The number of halogens is 2. The largest absolute Gasteiger partial charge is 0.480 e. The number of hydrogen-bond donors (Lipinski definition) is 1. The monoisotopic (exact) mass is 502 g/mol. The molecule has 5 nitrogen and oxygen atoms in total. The van der Waals surface area contributed by atoms with Crippen LogP contribution in [0.1, 0.15) is 40.5 Å². The van der Waals surface area contributed by atoms with Crippen molar-refractivity contribution in [3.8, 4) is 17.1 Å². The lowest BCUT2D eigenvalue weighted by atomic mass is 10.2. The summed E-state index contributed by atoms with van der Waals surface area (Å²) < 4.78 is 10.6. The molecule has 0 unspecified atom stereocenters. The van der Waals surface area contributed by atoms with Crippen molar-refractivity contribution < 1.29 is 4.74 Å². The summed E-state index contributed by atoms with van der Waals surface area (Å²) in [5.74, 6) is 0.565. The van der Waals surface area contributed by atoms with Crippen LogP contribution >= 0.6 is 50.8 Å². The summed E-state index contributed by atoms with van der Waals surface area (Å²) in [6.45, 7) is 8.00. The predicted octanol–water partition coefficient (Wildman–Crippen LogP) is 7.45. The highest BCUT2D eigenvalue weighted by Gasteiger charge is 2.23. The summed E-state index contributed by atoms with van der Waals surface area (Å²) in [5, 5.41) is 2.87. The number of aromatic nitrogens is 3. The molecule has 1 fully saturated rings. The Morgan fingerprint density at radius 3 is 2.61 bits per heavy atom. The first kappa shape index (κ1) is 23.2. The molecule has 3 heterocycles. The molecule has 1 N–H and O–H groups in total. The molecule has 0 bridgehead atoms. The molecule has 0 amide bonds. The first-order chi connectivity index (χ1) is 13.7. The minimum Gasteiger partial charge on any atom is -0.480 e. The van der Waals surface area contributed by atoms with E-state index in [0.29, 0.717) is 11.1 Å². The van der Waals surface area contributed by atoms with E-state index in [2.05, 4.69) is 35.6 Å². The molecule has 3 aromatic heterocycles. The van der Waals surface area contributed by atoms with Gasteiger partial charge < -0.3 is 9.46 Å². The van der Waals surface area contributed by atoms with Crippen molar-refractivity contribution in [3.63, 3.8) is 0 Å². The number of ether oxygens (including phenoxy) is 1. The van der Waals surface area contributed by atoms with Crippen LogP contribution in [0.2, 0.25) is 5.28 Å². The minimum atomic E-state index is 0.217. The van der Waals surface area contributed by atoms with Gasteiger partial charge in [0.1, 0.15) is 11.2 Å². The van der Waals surface area contributed by atoms with Gasteiger partial charge in [0.2, 0.25) is 11.2 Å². The quantitative estimate of drug-likeness (QED) is 0.288. The van der Waals surface area contributed by atoms with Crippen LogP contribution in [0.15, 0.2) is 22.1 Å². The minimum absolute atomic E-state index is 0.217. The topological polar surface area (TPSA) is 59.9 Å². The molecule has 9 heteroatoms. The zero-order valence-electron chi connectivity index (χ0n) is 16.5. The zero-order chi connectivity index (χ0) is 20.7. The van der Waals surface area contributed by atoms with Gasteiger partial charge in [-0.1, -0.05) is 27.7 Å². The van der Waals surface area contributed by atoms with Crippen LogP contribution in [0.4, 0.5) is 5.69 Å². The number of nitrogens with one attached hydrogen (secondary N) is 1. The third-order valence-corrected chi connectivity index (χ3v) is 6.72. The lowest BCUT2D eigenvalue weighted by Crippen LogP contribution is -1.98. The molecule has 1 saturated carbocycles. The van der Waals surface area contributed by atoms with Gasteiger partial charge in [0.05, 0.1) is 22.0 Å². The lowest BCUT2D eigenvalue weighted by molar-refractivity contribution is 0.400. The van der Waals surface area contributed by atoms with Crippen molar-refractivity contribution in [3.05, 3.63) is 27.4 Å². The second kappa shape index (κ2) is 11.2. The van der Waals surface area contributed by atoms with E-state index in [4.69, 9.17) is 16.3 Å². The van der Waals surface area contributed by atoms with Crippen molar-refractivity contribution in [1.82, 2.24) is 15.0 Å². The fraction of sp³-hybridized carbons (Fsp3) is 0.421. The van der Waals surface area contributed by atoms with E-state index in [0.717, 1.165) is 31.6 Å². The molecule has 4 rings (SSSR count). The third-order valence-electron chi connectivity index (χ3n) is 3.52. The van der Waals surface area contributed by atoms with Crippen LogP contribution in [-0.2, 0) is 0 Å². The smallest absolute Gasteiger partial charge is 0.237 e. The summed E-state index contributed by atoms with van der Waals surface area (Å²) in [5.41, 5.74) is 3.30. The molecule has 28 heavy (non-hydrogen) atoms. The molecule has 0 aliphatic heterocycles. The highest BCUT2D eigenvalue weighted by atomic mass is 79.9. The summed E-state index contributed by atoms with van der Waals surface area (Å²) in [4.78, 5) is 13.1. The lowest BCUT2D eigenvalue weighted by Gasteiger charge is -2.11. The van der Waals surface area contributed by atoms with Crippen molar-refractivity contribution in [2.45, 2.75) is 45.8 Å². The molecule has 1 aliphatic carbocycles. The Bertz CT molecular complexity index is 918. The summed E-state index contributed by atoms with van der Waals surface area (Å²) in [6.07, 6.45) is 4.24. The Balaban J connectivity index is 0.000000660. The van der Waals surface area contributed by atoms with E-state index in [1.54, 1.807) is 36.6 Å². The van der Waals surface area contributed by atoms with Gasteiger partial charge in [-0.05, 0) is 58.4 Å². The Labute approximate surface area is 187 Å². The number of fused-ring (bicyclic) bond motifs is 1. The molecule has 152 valence electrons. The fourth-order valence-electron chi connectivity index (χ4n) is 2.21. The highest BCUT2D eigenvalue weighted by Crippen LogP contribution is 2.40. The second-order valence-electron chi connectivity index (χ2n) is 5.30. The van der Waals surface area contributed by atoms with Gasteiger partial charge in [-0.25, -0.2) is 15.0 Å². The molecule has 3 aromatic rings. The van der Waals surface area contributed by atoms with E-state index in [1.807, 2.05) is 39.1 Å². The predicted molar refractivity (Wildman–Crippen MR) is 127 cm³/mol. The second-order valence-corrected chi connectivity index (χ2v) is 8.48. The van der Waals surface area contributed by atoms with Gasteiger partial charge in [0.25, 0.3) is 0 Å². The first-order valence-electron chi connectivity index (χ1n) is 9.22. The third kappa shape index (κ3) is 5.49. The van der Waals surface area contributed by atoms with Gasteiger partial charge in [-0.2, -0.15) is 0 Å². The van der Waals surface area contributed by atoms with Crippen LogP contribution < -0.4 is 9.46 Å². The van der Waals surface area contributed by atoms with Crippen LogP contribution in [0.5, 0.6) is 5.88 Å². The summed E-state index contributed by atoms with van der Waals surface area (Å²) in [6, 6.07) is 1.99. The maximum absolute atomic E-state index is 6.11. The normalized spacial score (nSPS) is 12.5. The molecular formula is C19H24BrClN4OS2. The molecule has 0 atom stereocenters. The van der Waals surface area contributed by atoms with E-state index in [9.17, 15) is 0 Å². The van der Waals surface area contributed by atoms with Gasteiger partial charge in [0.15, 0.2) is 0 Å². The zero-order valence-corrected chi connectivity index (χ0v) is 20.5. The number of hydrogen-bond acceptors (Lipinski definition) is 7. The Morgan fingerprint density at radius 2 is 1.96 bits per heavy atom. The van der Waals surface area contributed by atoms with Crippen LogP contribution in [0.3, 0.4) is 0 Å². The van der Waals surface area contributed by atoms with Gasteiger partial charge in [0, 0.05) is 22.4 Å². The number of rotatable bonds is 5. The van der Waals surface area contributed by atoms with E-state index in [-0.39, 0.29) is 5.28 Å². The number of thiophene rings is 1. The molecule has 0 radical (unpaired) electrons.